The summed E-state index contributed by atoms with van der Waals surface area (Å²) >= 11 is 0. The van der Waals surface area contributed by atoms with E-state index < -0.39 is 0 Å². The van der Waals surface area contributed by atoms with E-state index in [4.69, 9.17) is 0 Å². The Morgan fingerprint density at radius 3 is 1.15 bits per heavy atom. The third-order valence-corrected chi connectivity index (χ3v) is 9.60. The van der Waals surface area contributed by atoms with E-state index in [0.717, 1.165) is 12.1 Å². The maximum Gasteiger partial charge on any atom is 0.0491 e. The molecule has 0 unspecified atom stereocenters. The molecule has 0 aliphatic carbocycles. The first-order valence-corrected chi connectivity index (χ1v) is 16.7. The summed E-state index contributed by atoms with van der Waals surface area (Å²) in [5, 5.41) is 0. The van der Waals surface area contributed by atoms with Crippen LogP contribution in [0.2, 0.25) is 0 Å². The van der Waals surface area contributed by atoms with E-state index in [1.54, 1.807) is 0 Å². The van der Waals surface area contributed by atoms with Crippen molar-refractivity contribution >= 4 is 34.1 Å². The molecule has 0 saturated carbocycles. The molecule has 0 N–H and O–H groups in total. The van der Waals surface area contributed by atoms with E-state index in [-0.39, 0.29) is 0 Å². The van der Waals surface area contributed by atoms with Crippen molar-refractivity contribution < 1.29 is 0 Å². The maximum absolute atomic E-state index is 2.39. The van der Waals surface area contributed by atoms with Gasteiger partial charge in [-0.25, -0.2) is 0 Å². The monoisotopic (exact) mass is 614 g/mol. The lowest BCUT2D eigenvalue weighted by Crippen LogP contribution is -2.12. The number of hydrogen-bond donors (Lipinski definition) is 0. The summed E-state index contributed by atoms with van der Waals surface area (Å²) in [6.07, 6.45) is 1.03. The lowest BCUT2D eigenvalue weighted by atomic mass is 9.98. The van der Waals surface area contributed by atoms with E-state index in [0.29, 0.717) is 0 Å². The van der Waals surface area contributed by atoms with Crippen molar-refractivity contribution in [2.45, 2.75) is 61.8 Å². The Balaban J connectivity index is 1.39. The average molecular weight is 615 g/mol. The van der Waals surface area contributed by atoms with E-state index in [1.165, 1.54) is 84.1 Å². The largest absolute Gasteiger partial charge is 0.310 e. The van der Waals surface area contributed by atoms with Gasteiger partial charge < -0.3 is 9.80 Å². The molecule has 2 heteroatoms. The number of anilines is 6. The molecule has 6 aromatic rings. The van der Waals surface area contributed by atoms with Crippen LogP contribution in [0.1, 0.15) is 51.4 Å². The van der Waals surface area contributed by atoms with Gasteiger partial charge in [0.25, 0.3) is 0 Å². The SMILES string of the molecule is CCc1ccc(N(c2ccc(C)c(C)c2)c2ccc(-c3ccc(N(c4ccc(C)cc4)c4ccc(C)c(C)c4)c(C)c3)cc2C)cc1. The molecule has 0 bridgehead atoms. The second-order valence-electron chi connectivity index (χ2n) is 13.1. The van der Waals surface area contributed by atoms with Crippen molar-refractivity contribution in [2.75, 3.05) is 9.80 Å². The number of hydrogen-bond acceptors (Lipinski definition) is 2. The summed E-state index contributed by atoms with van der Waals surface area (Å²) in [7, 11) is 0. The summed E-state index contributed by atoms with van der Waals surface area (Å²) in [5.74, 6) is 0. The highest BCUT2D eigenvalue weighted by molar-refractivity contribution is 5.83. The standard InChI is InChI=1S/C45H46N2/c1-9-37-14-22-41(23-15-37)47(43-21-13-32(4)34(6)29-43)45-25-17-39(27-36(45)8)38-16-24-44(35(7)26-38)46(40-18-10-30(2)11-19-40)42-20-12-31(3)33(5)28-42/h10-29H,9H2,1-8H3. The molecule has 0 radical (unpaired) electrons. The highest BCUT2D eigenvalue weighted by Crippen LogP contribution is 2.41. The zero-order chi connectivity index (χ0) is 33.2. The fourth-order valence-electron chi connectivity index (χ4n) is 6.33. The molecular formula is C45H46N2. The zero-order valence-corrected chi connectivity index (χ0v) is 29.1. The number of aryl methyl sites for hydroxylation is 8. The molecule has 0 saturated heterocycles. The molecule has 0 aromatic heterocycles. The van der Waals surface area contributed by atoms with Crippen molar-refractivity contribution in [1.29, 1.82) is 0 Å². The number of benzene rings is 6. The Morgan fingerprint density at radius 1 is 0.362 bits per heavy atom. The molecule has 0 atom stereocenters. The van der Waals surface area contributed by atoms with Crippen LogP contribution in [-0.2, 0) is 6.42 Å². The highest BCUT2D eigenvalue weighted by Gasteiger charge is 2.18. The lowest BCUT2D eigenvalue weighted by Gasteiger charge is -2.29. The molecular weight excluding hydrogens is 569 g/mol. The van der Waals surface area contributed by atoms with Crippen LogP contribution in [0, 0.1) is 48.5 Å². The van der Waals surface area contributed by atoms with Crippen molar-refractivity contribution in [3.63, 3.8) is 0 Å². The molecule has 0 aliphatic heterocycles. The van der Waals surface area contributed by atoms with E-state index in [2.05, 4.69) is 187 Å². The van der Waals surface area contributed by atoms with E-state index in [9.17, 15) is 0 Å². The Kier molecular flexibility index (Phi) is 9.05. The molecule has 2 nitrogen and oxygen atoms in total. The lowest BCUT2D eigenvalue weighted by molar-refractivity contribution is 1.13. The van der Waals surface area contributed by atoms with Crippen LogP contribution in [0.5, 0.6) is 0 Å². The fraction of sp³-hybridized carbons (Fsp3) is 0.200. The Hall–Kier alpha value is -5.08. The van der Waals surface area contributed by atoms with Gasteiger partial charge in [0.2, 0.25) is 0 Å². The van der Waals surface area contributed by atoms with Crippen LogP contribution in [0.25, 0.3) is 11.1 Å². The van der Waals surface area contributed by atoms with Crippen LogP contribution in [0.4, 0.5) is 34.1 Å². The summed E-state index contributed by atoms with van der Waals surface area (Å²) in [6.45, 7) is 17.5. The third kappa shape index (κ3) is 6.60. The molecule has 0 spiro atoms. The number of nitrogens with zero attached hydrogens (tertiary/aromatic N) is 2. The van der Waals surface area contributed by atoms with Gasteiger partial charge in [0.05, 0.1) is 0 Å². The van der Waals surface area contributed by atoms with Crippen molar-refractivity contribution in [2.24, 2.45) is 0 Å². The predicted molar refractivity (Wildman–Crippen MR) is 204 cm³/mol. The summed E-state index contributed by atoms with van der Waals surface area (Å²) in [5.41, 5.74) is 19.8. The zero-order valence-electron chi connectivity index (χ0n) is 29.1. The minimum atomic E-state index is 1.03. The molecule has 236 valence electrons. The van der Waals surface area contributed by atoms with E-state index in [1.807, 2.05) is 0 Å². The van der Waals surface area contributed by atoms with Gasteiger partial charge in [0, 0.05) is 34.1 Å². The minimum Gasteiger partial charge on any atom is -0.310 e. The van der Waals surface area contributed by atoms with Gasteiger partial charge >= 0.3 is 0 Å². The first-order valence-electron chi connectivity index (χ1n) is 16.7. The van der Waals surface area contributed by atoms with Gasteiger partial charge in [-0.15, -0.1) is 0 Å². The Bertz CT molecular complexity index is 2030. The van der Waals surface area contributed by atoms with Gasteiger partial charge in [-0.05, 0) is 178 Å². The molecule has 0 aliphatic rings. The quantitative estimate of drug-likeness (QED) is 0.168. The summed E-state index contributed by atoms with van der Waals surface area (Å²) < 4.78 is 0. The van der Waals surface area contributed by atoms with Gasteiger partial charge in [-0.2, -0.15) is 0 Å². The van der Waals surface area contributed by atoms with E-state index >= 15 is 0 Å². The highest BCUT2D eigenvalue weighted by atomic mass is 15.1. The van der Waals surface area contributed by atoms with Crippen LogP contribution in [0.3, 0.4) is 0 Å². The second-order valence-corrected chi connectivity index (χ2v) is 13.1. The van der Waals surface area contributed by atoms with Crippen LogP contribution in [-0.4, -0.2) is 0 Å². The van der Waals surface area contributed by atoms with Crippen molar-refractivity contribution in [3.8, 4) is 11.1 Å². The fourth-order valence-corrected chi connectivity index (χ4v) is 6.33. The van der Waals surface area contributed by atoms with Gasteiger partial charge in [-0.1, -0.05) is 61.0 Å². The molecule has 0 heterocycles. The van der Waals surface area contributed by atoms with Crippen LogP contribution < -0.4 is 9.80 Å². The topological polar surface area (TPSA) is 6.48 Å². The van der Waals surface area contributed by atoms with Gasteiger partial charge in [0.1, 0.15) is 0 Å². The van der Waals surface area contributed by atoms with Crippen molar-refractivity contribution in [3.05, 3.63) is 166 Å². The Morgan fingerprint density at radius 2 is 0.766 bits per heavy atom. The number of rotatable bonds is 8. The maximum atomic E-state index is 2.39. The van der Waals surface area contributed by atoms with Crippen molar-refractivity contribution in [1.82, 2.24) is 0 Å². The molecule has 6 aromatic carbocycles. The minimum absolute atomic E-state index is 1.03. The predicted octanol–water partition coefficient (Wildman–Crippen LogP) is 13.0. The smallest absolute Gasteiger partial charge is 0.0491 e. The Labute approximate surface area is 282 Å². The molecule has 0 fully saturated rings. The second kappa shape index (κ2) is 13.3. The summed E-state index contributed by atoms with van der Waals surface area (Å²) in [6, 6.07) is 45.1. The molecule has 0 amide bonds. The normalized spacial score (nSPS) is 11.1. The first kappa shape index (κ1) is 31.9. The van der Waals surface area contributed by atoms with Gasteiger partial charge in [-0.3, -0.25) is 0 Å². The first-order chi connectivity index (χ1) is 22.6. The molecule has 6 rings (SSSR count). The average Bonchev–Trinajstić information content (AvgIpc) is 3.07. The third-order valence-electron chi connectivity index (χ3n) is 9.60. The van der Waals surface area contributed by atoms with Gasteiger partial charge in [0.15, 0.2) is 0 Å². The van der Waals surface area contributed by atoms with Crippen LogP contribution in [0.15, 0.2) is 121 Å². The molecule has 47 heavy (non-hydrogen) atoms. The summed E-state index contributed by atoms with van der Waals surface area (Å²) in [4.78, 5) is 4.77. The van der Waals surface area contributed by atoms with Crippen LogP contribution >= 0.6 is 0 Å².